The van der Waals surface area contributed by atoms with Crippen LogP contribution in [0, 0.1) is 0 Å². The molecule has 4 nitrogen and oxygen atoms in total. The van der Waals surface area contributed by atoms with E-state index in [1.807, 2.05) is 22.4 Å². The summed E-state index contributed by atoms with van der Waals surface area (Å²) in [6, 6.07) is 7.44. The second-order valence-corrected chi connectivity index (χ2v) is 7.92. The number of carbonyl (C=O) groups is 1. The van der Waals surface area contributed by atoms with E-state index in [0.717, 1.165) is 18.0 Å². The van der Waals surface area contributed by atoms with E-state index in [0.29, 0.717) is 28.8 Å². The Morgan fingerprint density at radius 3 is 2.64 bits per heavy atom. The number of hydrogen-bond donors (Lipinski definition) is 1. The highest BCUT2D eigenvalue weighted by Gasteiger charge is 2.24. The van der Waals surface area contributed by atoms with Crippen molar-refractivity contribution < 1.29 is 9.90 Å². The number of β-amino-alcohol motifs (C(OH)–C–C–N with tert-alkyl or cyclic N) is 1. The predicted molar refractivity (Wildman–Crippen MR) is 91.0 cm³/mol. The Balaban J connectivity index is 1.51. The molecule has 0 spiro atoms. The van der Waals surface area contributed by atoms with Crippen LogP contribution in [0.25, 0.3) is 0 Å². The molecule has 7 heteroatoms. The van der Waals surface area contributed by atoms with Gasteiger partial charge in [-0.25, -0.2) is 0 Å². The van der Waals surface area contributed by atoms with Crippen LogP contribution in [0.4, 0.5) is 0 Å². The summed E-state index contributed by atoms with van der Waals surface area (Å²) in [5.74, 6) is 0.0513. The fourth-order valence-electron chi connectivity index (χ4n) is 2.53. The molecular formula is C15H17ClN2O2S2. The first-order valence-corrected chi connectivity index (χ1v) is 9.19. The summed E-state index contributed by atoms with van der Waals surface area (Å²) in [7, 11) is 0. The third-order valence-corrected chi connectivity index (χ3v) is 5.94. The molecule has 118 valence electrons. The maximum Gasteiger partial charge on any atom is 0.264 e. The number of rotatable bonds is 4. The number of amides is 1. The van der Waals surface area contributed by atoms with Crippen LogP contribution >= 0.6 is 34.3 Å². The van der Waals surface area contributed by atoms with Crippen LogP contribution in [0.5, 0.6) is 0 Å². The van der Waals surface area contributed by atoms with Gasteiger partial charge in [0.05, 0.1) is 9.21 Å². The maximum absolute atomic E-state index is 12.3. The Morgan fingerprint density at radius 1 is 1.27 bits per heavy atom. The molecule has 0 radical (unpaired) electrons. The minimum Gasteiger partial charge on any atom is -0.386 e. The Kier molecular flexibility index (Phi) is 5.15. The van der Waals surface area contributed by atoms with Crippen LogP contribution in [-0.2, 0) is 0 Å². The van der Waals surface area contributed by atoms with E-state index in [4.69, 9.17) is 11.6 Å². The van der Waals surface area contributed by atoms with E-state index < -0.39 is 6.10 Å². The first-order valence-electron chi connectivity index (χ1n) is 7.12. The first kappa shape index (κ1) is 16.0. The lowest BCUT2D eigenvalue weighted by Crippen LogP contribution is -2.49. The van der Waals surface area contributed by atoms with Crippen LogP contribution in [-0.4, -0.2) is 53.5 Å². The number of carbonyl (C=O) groups excluding carboxylic acids is 1. The van der Waals surface area contributed by atoms with Crippen LogP contribution in [0.15, 0.2) is 29.6 Å². The van der Waals surface area contributed by atoms with Crippen molar-refractivity contribution in [2.45, 2.75) is 6.10 Å². The van der Waals surface area contributed by atoms with Gasteiger partial charge in [0.1, 0.15) is 6.10 Å². The van der Waals surface area contributed by atoms with E-state index in [9.17, 15) is 9.90 Å². The number of aliphatic hydroxyl groups excluding tert-OH is 1. The molecule has 2 aromatic heterocycles. The molecular weight excluding hydrogens is 340 g/mol. The summed E-state index contributed by atoms with van der Waals surface area (Å²) in [4.78, 5) is 18.1. The lowest BCUT2D eigenvalue weighted by atomic mass is 10.2. The van der Waals surface area contributed by atoms with Gasteiger partial charge >= 0.3 is 0 Å². The molecule has 1 atom stereocenters. The molecule has 1 saturated heterocycles. The quantitative estimate of drug-likeness (QED) is 0.916. The number of aliphatic hydroxyl groups is 1. The fourth-order valence-corrected chi connectivity index (χ4v) is 4.25. The Labute approximate surface area is 142 Å². The highest BCUT2D eigenvalue weighted by molar-refractivity contribution is 7.18. The fraction of sp³-hybridized carbons (Fsp3) is 0.400. The molecule has 1 fully saturated rings. The van der Waals surface area contributed by atoms with Crippen LogP contribution < -0.4 is 0 Å². The molecule has 3 heterocycles. The molecule has 0 aliphatic carbocycles. The lowest BCUT2D eigenvalue weighted by Gasteiger charge is -2.35. The highest BCUT2D eigenvalue weighted by atomic mass is 35.5. The lowest BCUT2D eigenvalue weighted by molar-refractivity contribution is 0.0536. The zero-order valence-corrected chi connectivity index (χ0v) is 14.3. The van der Waals surface area contributed by atoms with Gasteiger partial charge in [0.2, 0.25) is 0 Å². The van der Waals surface area contributed by atoms with E-state index in [1.165, 1.54) is 11.3 Å². The number of halogens is 1. The predicted octanol–water partition coefficient (Wildman–Crippen LogP) is 2.95. The molecule has 1 N–H and O–H groups in total. The molecule has 0 unspecified atom stereocenters. The number of thiophene rings is 2. The minimum atomic E-state index is -0.446. The first-order chi connectivity index (χ1) is 10.6. The van der Waals surface area contributed by atoms with Crippen LogP contribution in [0.2, 0.25) is 4.34 Å². The van der Waals surface area contributed by atoms with E-state index in [1.54, 1.807) is 23.5 Å². The zero-order chi connectivity index (χ0) is 15.5. The standard InChI is InChI=1S/C15H17ClN2O2S2/c16-14-4-3-13(22-14)15(20)18-7-5-17(6-8-18)10-11(19)12-2-1-9-21-12/h1-4,9,11,19H,5-8,10H2/t11-/m0/s1. The maximum atomic E-state index is 12.3. The molecule has 1 aliphatic heterocycles. The molecule has 1 amide bonds. The highest BCUT2D eigenvalue weighted by Crippen LogP contribution is 2.24. The van der Waals surface area contributed by atoms with E-state index >= 15 is 0 Å². The summed E-state index contributed by atoms with van der Waals surface area (Å²) in [6.07, 6.45) is -0.446. The number of piperazine rings is 1. The number of nitrogens with zero attached hydrogens (tertiary/aromatic N) is 2. The van der Waals surface area contributed by atoms with Crippen molar-refractivity contribution in [3.63, 3.8) is 0 Å². The van der Waals surface area contributed by atoms with Gasteiger partial charge in [-0.15, -0.1) is 22.7 Å². The monoisotopic (exact) mass is 356 g/mol. The summed E-state index contributed by atoms with van der Waals surface area (Å²) in [6.45, 7) is 3.56. The van der Waals surface area contributed by atoms with Gasteiger partial charge in [-0.2, -0.15) is 0 Å². The molecule has 1 aliphatic rings. The summed E-state index contributed by atoms with van der Waals surface area (Å²) in [5, 5.41) is 12.2. The van der Waals surface area contributed by atoms with Gasteiger partial charge in [0, 0.05) is 37.6 Å². The third-order valence-electron chi connectivity index (χ3n) is 3.75. The zero-order valence-electron chi connectivity index (χ0n) is 11.9. The molecule has 0 aromatic carbocycles. The number of hydrogen-bond acceptors (Lipinski definition) is 5. The smallest absolute Gasteiger partial charge is 0.264 e. The van der Waals surface area contributed by atoms with Crippen molar-refractivity contribution >= 4 is 40.2 Å². The van der Waals surface area contributed by atoms with Gasteiger partial charge in [0.15, 0.2) is 0 Å². The van der Waals surface area contributed by atoms with E-state index in [-0.39, 0.29) is 5.91 Å². The minimum absolute atomic E-state index is 0.0513. The molecule has 22 heavy (non-hydrogen) atoms. The Bertz CT molecular complexity index is 621. The molecule has 3 rings (SSSR count). The van der Waals surface area contributed by atoms with Gasteiger partial charge in [-0.1, -0.05) is 17.7 Å². The van der Waals surface area contributed by atoms with Crippen molar-refractivity contribution in [3.05, 3.63) is 43.7 Å². The molecule has 2 aromatic rings. The average molecular weight is 357 g/mol. The average Bonchev–Trinajstić information content (AvgIpc) is 3.18. The van der Waals surface area contributed by atoms with Crippen molar-refractivity contribution in [2.24, 2.45) is 0 Å². The van der Waals surface area contributed by atoms with Crippen molar-refractivity contribution in [1.29, 1.82) is 0 Å². The second-order valence-electron chi connectivity index (χ2n) is 5.23. The normalized spacial score (nSPS) is 17.6. The topological polar surface area (TPSA) is 43.8 Å². The van der Waals surface area contributed by atoms with Gasteiger partial charge in [0.25, 0.3) is 5.91 Å². The van der Waals surface area contributed by atoms with Crippen LogP contribution in [0.1, 0.15) is 20.7 Å². The summed E-state index contributed by atoms with van der Waals surface area (Å²) in [5.41, 5.74) is 0. The Morgan fingerprint density at radius 2 is 2.05 bits per heavy atom. The molecule has 0 saturated carbocycles. The third kappa shape index (κ3) is 3.70. The Hall–Kier alpha value is -0.920. The van der Waals surface area contributed by atoms with Gasteiger partial charge in [-0.3, -0.25) is 9.69 Å². The molecule has 0 bridgehead atoms. The van der Waals surface area contributed by atoms with Gasteiger partial charge < -0.3 is 10.0 Å². The van der Waals surface area contributed by atoms with Crippen molar-refractivity contribution in [1.82, 2.24) is 9.80 Å². The largest absolute Gasteiger partial charge is 0.386 e. The summed E-state index contributed by atoms with van der Waals surface area (Å²) < 4.78 is 0.640. The second kappa shape index (κ2) is 7.10. The van der Waals surface area contributed by atoms with Gasteiger partial charge in [-0.05, 0) is 23.6 Å². The van der Waals surface area contributed by atoms with E-state index in [2.05, 4.69) is 4.90 Å². The SMILES string of the molecule is O=C(c1ccc(Cl)s1)N1CCN(C[C@H](O)c2cccs2)CC1. The van der Waals surface area contributed by atoms with Crippen molar-refractivity contribution in [2.75, 3.05) is 32.7 Å². The summed E-state index contributed by atoms with van der Waals surface area (Å²) >= 11 is 8.78. The van der Waals surface area contributed by atoms with Crippen LogP contribution in [0.3, 0.4) is 0 Å². The van der Waals surface area contributed by atoms with Crippen molar-refractivity contribution in [3.8, 4) is 0 Å².